The second kappa shape index (κ2) is 5.91. The Morgan fingerprint density at radius 2 is 1.85 bits per heavy atom. The molecule has 0 aliphatic rings. The molecule has 0 saturated heterocycles. The molecule has 4 heteroatoms. The lowest BCUT2D eigenvalue weighted by atomic mass is 10.1. The zero-order chi connectivity index (χ0) is 10.4. The van der Waals surface area contributed by atoms with Gasteiger partial charge < -0.3 is 4.67 Å². The Morgan fingerprint density at radius 1 is 1.31 bits per heavy atom. The molecular formula is C9H20N2OSi. The number of carbonyl (C=O) groups is 1. The highest BCUT2D eigenvalue weighted by atomic mass is 28.3. The molecule has 0 aliphatic carbocycles. The first kappa shape index (κ1) is 12.4. The van der Waals surface area contributed by atoms with Crippen molar-refractivity contribution in [1.29, 1.82) is 0 Å². The average molecular weight is 200 g/mol. The second-order valence-corrected chi connectivity index (χ2v) is 6.28. The van der Waals surface area contributed by atoms with Gasteiger partial charge in [0.15, 0.2) is 14.7 Å². The van der Waals surface area contributed by atoms with Crippen molar-refractivity contribution in [2.75, 3.05) is 7.05 Å². The van der Waals surface area contributed by atoms with E-state index in [1.54, 1.807) is 0 Å². The molecule has 0 aromatic rings. The molecule has 13 heavy (non-hydrogen) atoms. The Bertz CT molecular complexity index is 202. The van der Waals surface area contributed by atoms with Crippen LogP contribution in [0.4, 0.5) is 0 Å². The summed E-state index contributed by atoms with van der Waals surface area (Å²) in [7, 11) is 1.06. The molecule has 0 rings (SSSR count). The summed E-state index contributed by atoms with van der Waals surface area (Å²) in [6, 6.07) is 0. The van der Waals surface area contributed by atoms with E-state index < -0.39 is 8.96 Å². The predicted octanol–water partition coefficient (Wildman–Crippen LogP) is 1.65. The number of carbonyl (C=O) groups excluding carboxylic acids is 1. The summed E-state index contributed by atoms with van der Waals surface area (Å²) >= 11 is 0. The van der Waals surface area contributed by atoms with Gasteiger partial charge in [0.2, 0.25) is 0 Å². The van der Waals surface area contributed by atoms with E-state index in [0.29, 0.717) is 12.1 Å². The van der Waals surface area contributed by atoms with Crippen LogP contribution in [0.1, 0.15) is 26.7 Å². The highest BCUT2D eigenvalue weighted by Crippen LogP contribution is 1.97. The molecule has 0 heterocycles. The minimum absolute atomic E-state index is 0.170. The topological polar surface area (TPSA) is 32.7 Å². The maximum Gasteiger partial charge on any atom is 0.178 e. The van der Waals surface area contributed by atoms with E-state index in [1.807, 2.05) is 25.6 Å². The molecule has 0 aromatic heterocycles. The number of hydrazone groups is 1. The Kier molecular flexibility index (Phi) is 5.62. The van der Waals surface area contributed by atoms with Gasteiger partial charge in [-0.15, -0.1) is 0 Å². The average Bonchev–Trinajstić information content (AvgIpc) is 2.12. The molecule has 76 valence electrons. The lowest BCUT2D eigenvalue weighted by Gasteiger charge is -2.17. The van der Waals surface area contributed by atoms with Gasteiger partial charge in [0, 0.05) is 13.5 Å². The molecule has 0 bridgehead atoms. The Balaban J connectivity index is 4.46. The van der Waals surface area contributed by atoms with Gasteiger partial charge in [-0.3, -0.25) is 4.79 Å². The summed E-state index contributed by atoms with van der Waals surface area (Å²) < 4.78 is 1.96. The van der Waals surface area contributed by atoms with Crippen molar-refractivity contribution < 1.29 is 4.79 Å². The lowest BCUT2D eigenvalue weighted by molar-refractivity contribution is -0.112. The van der Waals surface area contributed by atoms with E-state index in [4.69, 9.17) is 0 Å². The molecule has 0 fully saturated rings. The van der Waals surface area contributed by atoms with Gasteiger partial charge in [0.25, 0.3) is 0 Å². The summed E-state index contributed by atoms with van der Waals surface area (Å²) in [5.41, 5.74) is 0.714. The molecule has 0 saturated carbocycles. The molecule has 0 aromatic carbocycles. The number of nitrogens with zero attached hydrogens (tertiary/aromatic N) is 2. The van der Waals surface area contributed by atoms with Gasteiger partial charge >= 0.3 is 0 Å². The Labute approximate surface area is 82.5 Å². The van der Waals surface area contributed by atoms with Gasteiger partial charge in [0.05, 0.1) is 0 Å². The normalized spacial score (nSPS) is 12.0. The Morgan fingerprint density at radius 3 is 2.15 bits per heavy atom. The number of Topliss-reactive ketones (excluding diaryl/α,β-unsaturated/α-hetero) is 1. The van der Waals surface area contributed by atoms with Crippen LogP contribution in [0.25, 0.3) is 0 Å². The third kappa shape index (κ3) is 4.22. The van der Waals surface area contributed by atoms with Crippen molar-refractivity contribution in [3.63, 3.8) is 0 Å². The van der Waals surface area contributed by atoms with E-state index in [9.17, 15) is 4.79 Å². The van der Waals surface area contributed by atoms with Gasteiger partial charge in [0.1, 0.15) is 5.71 Å². The molecule has 0 N–H and O–H groups in total. The minimum Gasteiger partial charge on any atom is -0.331 e. The van der Waals surface area contributed by atoms with Gasteiger partial charge in [-0.05, 0) is 6.42 Å². The van der Waals surface area contributed by atoms with Crippen LogP contribution in [-0.2, 0) is 4.79 Å². The SMILES string of the molecule is CCC(=O)C(CC)=NN(C)[SiH](C)C. The fourth-order valence-electron chi connectivity index (χ4n) is 0.834. The lowest BCUT2D eigenvalue weighted by Crippen LogP contribution is -2.28. The third-order valence-electron chi connectivity index (χ3n) is 2.00. The van der Waals surface area contributed by atoms with Crippen molar-refractivity contribution in [2.45, 2.75) is 39.8 Å². The molecule has 3 nitrogen and oxygen atoms in total. The van der Waals surface area contributed by atoms with Crippen molar-refractivity contribution in [1.82, 2.24) is 4.67 Å². The Hall–Kier alpha value is -0.643. The van der Waals surface area contributed by atoms with Gasteiger partial charge in [-0.25, -0.2) is 0 Å². The fourth-order valence-corrected chi connectivity index (χ4v) is 1.20. The van der Waals surface area contributed by atoms with Crippen LogP contribution in [-0.4, -0.2) is 32.2 Å². The summed E-state index contributed by atoms with van der Waals surface area (Å²) in [6.07, 6.45) is 1.29. The first-order valence-corrected chi connectivity index (χ1v) is 7.68. The van der Waals surface area contributed by atoms with Crippen LogP contribution in [0.5, 0.6) is 0 Å². The van der Waals surface area contributed by atoms with E-state index in [-0.39, 0.29) is 5.78 Å². The third-order valence-corrected chi connectivity index (χ3v) is 3.61. The van der Waals surface area contributed by atoms with Crippen molar-refractivity contribution >= 4 is 20.5 Å². The molecular weight excluding hydrogens is 180 g/mol. The number of ketones is 1. The van der Waals surface area contributed by atoms with E-state index in [1.165, 1.54) is 0 Å². The number of rotatable bonds is 5. The smallest absolute Gasteiger partial charge is 0.178 e. The van der Waals surface area contributed by atoms with E-state index in [0.717, 1.165) is 6.42 Å². The summed E-state index contributed by atoms with van der Waals surface area (Å²) in [4.78, 5) is 11.4. The molecule has 0 spiro atoms. The molecule has 0 amide bonds. The van der Waals surface area contributed by atoms with Gasteiger partial charge in [-0.1, -0.05) is 26.9 Å². The largest absolute Gasteiger partial charge is 0.331 e. The highest BCUT2D eigenvalue weighted by Gasteiger charge is 2.09. The quantitative estimate of drug-likeness (QED) is 0.384. The van der Waals surface area contributed by atoms with Crippen LogP contribution in [0.3, 0.4) is 0 Å². The standard InChI is InChI=1S/C9H20N2OSi/c1-6-8(9(12)7-2)10-11(3)13(4)5/h13H,6-7H2,1-5H3. The van der Waals surface area contributed by atoms with Crippen molar-refractivity contribution in [2.24, 2.45) is 5.10 Å². The fraction of sp³-hybridized carbons (Fsp3) is 0.778. The summed E-state index contributed by atoms with van der Waals surface area (Å²) in [5, 5.41) is 4.33. The maximum absolute atomic E-state index is 11.4. The molecule has 0 radical (unpaired) electrons. The van der Waals surface area contributed by atoms with Crippen LogP contribution in [0, 0.1) is 0 Å². The van der Waals surface area contributed by atoms with Crippen molar-refractivity contribution in [3.05, 3.63) is 0 Å². The van der Waals surface area contributed by atoms with Crippen LogP contribution < -0.4 is 0 Å². The first-order valence-electron chi connectivity index (χ1n) is 4.86. The monoisotopic (exact) mass is 200 g/mol. The summed E-state index contributed by atoms with van der Waals surface area (Å²) in [5.74, 6) is 0.170. The molecule has 0 aliphatic heterocycles. The van der Waals surface area contributed by atoms with E-state index >= 15 is 0 Å². The van der Waals surface area contributed by atoms with E-state index in [2.05, 4.69) is 18.2 Å². The predicted molar refractivity (Wildman–Crippen MR) is 59.7 cm³/mol. The van der Waals surface area contributed by atoms with Gasteiger partial charge in [-0.2, -0.15) is 5.10 Å². The zero-order valence-corrected chi connectivity index (χ0v) is 10.4. The molecule has 0 atom stereocenters. The second-order valence-electron chi connectivity index (χ2n) is 3.34. The number of hydrogen-bond acceptors (Lipinski definition) is 3. The maximum atomic E-state index is 11.4. The van der Waals surface area contributed by atoms with Crippen LogP contribution >= 0.6 is 0 Å². The number of hydrogen-bond donors (Lipinski definition) is 0. The highest BCUT2D eigenvalue weighted by molar-refractivity contribution is 6.52. The first-order chi connectivity index (χ1) is 6.02. The minimum atomic E-state index is -0.893. The summed E-state index contributed by atoms with van der Waals surface area (Å²) in [6.45, 7) is 8.23. The van der Waals surface area contributed by atoms with Crippen LogP contribution in [0.15, 0.2) is 5.10 Å². The zero-order valence-electron chi connectivity index (χ0n) is 9.29. The van der Waals surface area contributed by atoms with Crippen LogP contribution in [0.2, 0.25) is 13.1 Å². The molecule has 0 unspecified atom stereocenters. The van der Waals surface area contributed by atoms with Crippen molar-refractivity contribution in [3.8, 4) is 0 Å².